The first-order valence-electron chi connectivity index (χ1n) is 6.42. The minimum absolute atomic E-state index is 0.230. The standard InChI is InChI=1S/C16H21NO2/c1-9-6-7-13(16(18-5)11(9)3)15(17)14-8-10(2)19-12(14)4/h6-8,15H,17H2,1-5H3. The van der Waals surface area contributed by atoms with Gasteiger partial charge in [0.1, 0.15) is 17.3 Å². The molecular weight excluding hydrogens is 238 g/mol. The second kappa shape index (κ2) is 5.10. The largest absolute Gasteiger partial charge is 0.496 e. The molecule has 0 aliphatic heterocycles. The molecule has 19 heavy (non-hydrogen) atoms. The van der Waals surface area contributed by atoms with E-state index in [1.807, 2.05) is 26.0 Å². The van der Waals surface area contributed by atoms with Crippen molar-refractivity contribution in [1.82, 2.24) is 0 Å². The fraction of sp³-hybridized carbons (Fsp3) is 0.375. The van der Waals surface area contributed by atoms with Gasteiger partial charge >= 0.3 is 0 Å². The predicted octanol–water partition coefficient (Wildman–Crippen LogP) is 3.57. The molecule has 1 unspecified atom stereocenters. The van der Waals surface area contributed by atoms with Crippen LogP contribution in [0.2, 0.25) is 0 Å². The number of hydrogen-bond donors (Lipinski definition) is 1. The zero-order chi connectivity index (χ0) is 14.2. The zero-order valence-electron chi connectivity index (χ0n) is 12.2. The maximum absolute atomic E-state index is 6.39. The predicted molar refractivity (Wildman–Crippen MR) is 76.7 cm³/mol. The van der Waals surface area contributed by atoms with Gasteiger partial charge in [0.15, 0.2) is 0 Å². The molecule has 2 rings (SSSR count). The number of ether oxygens (including phenoxy) is 1. The summed E-state index contributed by atoms with van der Waals surface area (Å²) in [5.41, 5.74) is 10.7. The van der Waals surface area contributed by atoms with Crippen LogP contribution in [0, 0.1) is 27.7 Å². The number of rotatable bonds is 3. The Morgan fingerprint density at radius 3 is 2.32 bits per heavy atom. The summed E-state index contributed by atoms with van der Waals surface area (Å²) in [4.78, 5) is 0. The third kappa shape index (κ3) is 2.38. The smallest absolute Gasteiger partial charge is 0.127 e. The lowest BCUT2D eigenvalue weighted by molar-refractivity contribution is 0.404. The minimum atomic E-state index is -0.230. The van der Waals surface area contributed by atoms with Gasteiger partial charge in [0.05, 0.1) is 13.2 Å². The molecule has 0 radical (unpaired) electrons. The Balaban J connectivity index is 2.53. The van der Waals surface area contributed by atoms with E-state index < -0.39 is 0 Å². The molecule has 2 N–H and O–H groups in total. The molecule has 0 fully saturated rings. The van der Waals surface area contributed by atoms with Gasteiger partial charge in [-0.2, -0.15) is 0 Å². The highest BCUT2D eigenvalue weighted by Crippen LogP contribution is 2.34. The Kier molecular flexibility index (Phi) is 3.67. The molecule has 102 valence electrons. The lowest BCUT2D eigenvalue weighted by atomic mass is 9.95. The average molecular weight is 259 g/mol. The van der Waals surface area contributed by atoms with Crippen molar-refractivity contribution in [2.24, 2.45) is 5.73 Å². The average Bonchev–Trinajstić information content (AvgIpc) is 2.71. The second-order valence-electron chi connectivity index (χ2n) is 4.98. The maximum atomic E-state index is 6.39. The van der Waals surface area contributed by atoms with Crippen molar-refractivity contribution in [2.75, 3.05) is 7.11 Å². The van der Waals surface area contributed by atoms with Crippen LogP contribution in [0.4, 0.5) is 0 Å². The number of nitrogens with two attached hydrogens (primary N) is 1. The number of hydrogen-bond acceptors (Lipinski definition) is 3. The number of aryl methyl sites for hydroxylation is 3. The first-order chi connectivity index (χ1) is 8.95. The summed E-state index contributed by atoms with van der Waals surface area (Å²) in [7, 11) is 1.69. The molecule has 3 heteroatoms. The Labute approximate surface area is 114 Å². The van der Waals surface area contributed by atoms with E-state index >= 15 is 0 Å². The molecule has 0 bridgehead atoms. The zero-order valence-corrected chi connectivity index (χ0v) is 12.2. The van der Waals surface area contributed by atoms with Crippen LogP contribution in [0.5, 0.6) is 5.75 Å². The van der Waals surface area contributed by atoms with Gasteiger partial charge in [-0.05, 0) is 44.9 Å². The first-order valence-corrected chi connectivity index (χ1v) is 6.42. The summed E-state index contributed by atoms with van der Waals surface area (Å²) >= 11 is 0. The van der Waals surface area contributed by atoms with Crippen LogP contribution in [0.25, 0.3) is 0 Å². The third-order valence-electron chi connectivity index (χ3n) is 3.66. The summed E-state index contributed by atoms with van der Waals surface area (Å²) in [5, 5.41) is 0. The first kappa shape index (κ1) is 13.7. The number of methoxy groups -OCH3 is 1. The van der Waals surface area contributed by atoms with Crippen molar-refractivity contribution >= 4 is 0 Å². The van der Waals surface area contributed by atoms with E-state index in [1.165, 1.54) is 5.56 Å². The lowest BCUT2D eigenvalue weighted by Gasteiger charge is -2.18. The Morgan fingerprint density at radius 2 is 1.79 bits per heavy atom. The molecule has 0 spiro atoms. The molecule has 0 amide bonds. The molecule has 0 saturated heterocycles. The minimum Gasteiger partial charge on any atom is -0.496 e. The molecule has 2 aromatic rings. The normalized spacial score (nSPS) is 12.5. The SMILES string of the molecule is COc1c(C(N)c2cc(C)oc2C)ccc(C)c1C. The molecule has 0 aliphatic rings. The van der Waals surface area contributed by atoms with E-state index in [-0.39, 0.29) is 6.04 Å². The van der Waals surface area contributed by atoms with Crippen LogP contribution in [0.1, 0.15) is 39.8 Å². The van der Waals surface area contributed by atoms with Crippen LogP contribution < -0.4 is 10.5 Å². The molecule has 1 atom stereocenters. The highest BCUT2D eigenvalue weighted by molar-refractivity contribution is 5.49. The lowest BCUT2D eigenvalue weighted by Crippen LogP contribution is -2.14. The van der Waals surface area contributed by atoms with E-state index in [4.69, 9.17) is 14.9 Å². The van der Waals surface area contributed by atoms with Crippen molar-refractivity contribution in [3.63, 3.8) is 0 Å². The van der Waals surface area contributed by atoms with Gasteiger partial charge in [0.25, 0.3) is 0 Å². The molecule has 1 heterocycles. The number of benzene rings is 1. The second-order valence-corrected chi connectivity index (χ2v) is 4.98. The van der Waals surface area contributed by atoms with Crippen LogP contribution in [-0.2, 0) is 0 Å². The Bertz CT molecular complexity index is 599. The number of furan rings is 1. The van der Waals surface area contributed by atoms with Crippen LogP contribution in [0.3, 0.4) is 0 Å². The Morgan fingerprint density at radius 1 is 1.11 bits per heavy atom. The summed E-state index contributed by atoms with van der Waals surface area (Å²) in [6.07, 6.45) is 0. The summed E-state index contributed by atoms with van der Waals surface area (Å²) in [5.74, 6) is 2.61. The van der Waals surface area contributed by atoms with Gasteiger partial charge in [-0.1, -0.05) is 12.1 Å². The van der Waals surface area contributed by atoms with E-state index in [9.17, 15) is 0 Å². The molecule has 0 saturated carbocycles. The molecule has 1 aromatic carbocycles. The fourth-order valence-electron chi connectivity index (χ4n) is 2.45. The van der Waals surface area contributed by atoms with Gasteiger partial charge in [0, 0.05) is 11.1 Å². The van der Waals surface area contributed by atoms with Crippen molar-refractivity contribution in [3.8, 4) is 5.75 Å². The Hall–Kier alpha value is -1.74. The van der Waals surface area contributed by atoms with Crippen LogP contribution in [0.15, 0.2) is 22.6 Å². The van der Waals surface area contributed by atoms with Gasteiger partial charge < -0.3 is 14.9 Å². The van der Waals surface area contributed by atoms with Crippen molar-refractivity contribution < 1.29 is 9.15 Å². The van der Waals surface area contributed by atoms with Crippen molar-refractivity contribution in [1.29, 1.82) is 0 Å². The third-order valence-corrected chi connectivity index (χ3v) is 3.66. The van der Waals surface area contributed by atoms with Crippen LogP contribution in [-0.4, -0.2) is 7.11 Å². The van der Waals surface area contributed by atoms with E-state index in [0.717, 1.165) is 34.0 Å². The highest BCUT2D eigenvalue weighted by atomic mass is 16.5. The van der Waals surface area contributed by atoms with Gasteiger partial charge in [-0.3, -0.25) is 0 Å². The van der Waals surface area contributed by atoms with E-state index in [1.54, 1.807) is 7.11 Å². The van der Waals surface area contributed by atoms with Crippen LogP contribution >= 0.6 is 0 Å². The van der Waals surface area contributed by atoms with Crippen molar-refractivity contribution in [3.05, 3.63) is 52.0 Å². The topological polar surface area (TPSA) is 48.4 Å². The van der Waals surface area contributed by atoms with E-state index in [2.05, 4.69) is 19.9 Å². The molecule has 3 nitrogen and oxygen atoms in total. The fourth-order valence-corrected chi connectivity index (χ4v) is 2.45. The van der Waals surface area contributed by atoms with Gasteiger partial charge in [-0.15, -0.1) is 0 Å². The molecule has 0 aliphatic carbocycles. The maximum Gasteiger partial charge on any atom is 0.127 e. The van der Waals surface area contributed by atoms with Gasteiger partial charge in [-0.25, -0.2) is 0 Å². The van der Waals surface area contributed by atoms with Gasteiger partial charge in [0.2, 0.25) is 0 Å². The molecule has 1 aromatic heterocycles. The summed E-state index contributed by atoms with van der Waals surface area (Å²) < 4.78 is 11.1. The van der Waals surface area contributed by atoms with E-state index in [0.29, 0.717) is 0 Å². The monoisotopic (exact) mass is 259 g/mol. The quantitative estimate of drug-likeness (QED) is 0.916. The molecular formula is C16H21NO2. The summed E-state index contributed by atoms with van der Waals surface area (Å²) in [6, 6.07) is 5.88. The van der Waals surface area contributed by atoms with Crippen molar-refractivity contribution in [2.45, 2.75) is 33.7 Å². The highest BCUT2D eigenvalue weighted by Gasteiger charge is 2.20. The summed E-state index contributed by atoms with van der Waals surface area (Å²) in [6.45, 7) is 7.99.